The Morgan fingerprint density at radius 3 is 2.82 bits per heavy atom. The molecule has 1 heterocycles. The third-order valence-electron chi connectivity index (χ3n) is 1.91. The molecule has 1 aromatic rings. The maximum atomic E-state index is 9.51. The molecule has 1 aliphatic rings. The Labute approximate surface area is 64.2 Å². The summed E-state index contributed by atoms with van der Waals surface area (Å²) < 4.78 is 4.87. The van der Waals surface area contributed by atoms with Crippen LogP contribution < -0.4 is 0 Å². The van der Waals surface area contributed by atoms with Crippen molar-refractivity contribution in [1.29, 1.82) is 0 Å². The van der Waals surface area contributed by atoms with Crippen LogP contribution in [0.1, 0.15) is 31.5 Å². The van der Waals surface area contributed by atoms with Gasteiger partial charge in [0.2, 0.25) is 0 Å². The Hall–Kier alpha value is -0.900. The molecule has 0 aromatic carbocycles. The molecule has 0 bridgehead atoms. The number of rotatable bonds is 2. The van der Waals surface area contributed by atoms with Crippen LogP contribution in [0, 0.1) is 0 Å². The van der Waals surface area contributed by atoms with Crippen LogP contribution in [0.5, 0.6) is 0 Å². The van der Waals surface area contributed by atoms with E-state index in [1.54, 1.807) is 0 Å². The molecule has 0 spiro atoms. The average Bonchev–Trinajstić information content (AvgIpc) is 2.61. The van der Waals surface area contributed by atoms with Crippen molar-refractivity contribution in [1.82, 2.24) is 10.1 Å². The molecule has 0 aliphatic heterocycles. The zero-order chi connectivity index (χ0) is 7.90. The zero-order valence-electron chi connectivity index (χ0n) is 6.37. The van der Waals surface area contributed by atoms with E-state index in [1.165, 1.54) is 0 Å². The Kier molecular flexibility index (Phi) is 1.26. The fourth-order valence-corrected chi connectivity index (χ4v) is 0.919. The molecule has 1 aromatic heterocycles. The molecule has 2 rings (SSSR count). The fourth-order valence-electron chi connectivity index (χ4n) is 0.919. The standard InChI is InChI=1S/C7H10N2O2/c1-2-5-8-6(11-9-5)7(10)3-4-7/h10H,2-4H2,1H3. The van der Waals surface area contributed by atoms with Crippen LogP contribution in [-0.4, -0.2) is 15.2 Å². The lowest BCUT2D eigenvalue weighted by molar-refractivity contribution is 0.108. The minimum atomic E-state index is -0.777. The van der Waals surface area contributed by atoms with Crippen molar-refractivity contribution in [2.45, 2.75) is 31.8 Å². The molecule has 0 saturated heterocycles. The lowest BCUT2D eigenvalue weighted by Crippen LogP contribution is -2.04. The summed E-state index contributed by atoms with van der Waals surface area (Å²) in [5.74, 6) is 1.05. The summed E-state index contributed by atoms with van der Waals surface area (Å²) in [6, 6.07) is 0. The van der Waals surface area contributed by atoms with Crippen molar-refractivity contribution in [2.24, 2.45) is 0 Å². The van der Waals surface area contributed by atoms with E-state index in [0.29, 0.717) is 11.7 Å². The zero-order valence-corrected chi connectivity index (χ0v) is 6.37. The second-order valence-corrected chi connectivity index (χ2v) is 2.90. The number of aromatic nitrogens is 2. The summed E-state index contributed by atoms with van der Waals surface area (Å²) in [7, 11) is 0. The second kappa shape index (κ2) is 2.04. The quantitative estimate of drug-likeness (QED) is 0.678. The number of nitrogens with zero attached hydrogens (tertiary/aromatic N) is 2. The van der Waals surface area contributed by atoms with Crippen molar-refractivity contribution in [3.05, 3.63) is 11.7 Å². The van der Waals surface area contributed by atoms with Gasteiger partial charge >= 0.3 is 0 Å². The molecule has 0 radical (unpaired) electrons. The van der Waals surface area contributed by atoms with Gasteiger partial charge < -0.3 is 9.63 Å². The van der Waals surface area contributed by atoms with Crippen molar-refractivity contribution in [3.63, 3.8) is 0 Å². The molecule has 60 valence electrons. The van der Waals surface area contributed by atoms with Crippen LogP contribution >= 0.6 is 0 Å². The van der Waals surface area contributed by atoms with Crippen LogP contribution in [0.3, 0.4) is 0 Å². The van der Waals surface area contributed by atoms with Crippen LogP contribution in [0.25, 0.3) is 0 Å². The smallest absolute Gasteiger partial charge is 0.258 e. The van der Waals surface area contributed by atoms with Crippen LogP contribution in [0.4, 0.5) is 0 Å². The van der Waals surface area contributed by atoms with Gasteiger partial charge in [-0.15, -0.1) is 0 Å². The highest BCUT2D eigenvalue weighted by Crippen LogP contribution is 2.44. The minimum Gasteiger partial charge on any atom is -0.380 e. The molecular formula is C7H10N2O2. The Balaban J connectivity index is 2.25. The van der Waals surface area contributed by atoms with E-state index in [4.69, 9.17) is 4.52 Å². The Bertz CT molecular complexity index is 265. The van der Waals surface area contributed by atoms with Crippen LogP contribution in [0.2, 0.25) is 0 Å². The summed E-state index contributed by atoms with van der Waals surface area (Å²) in [6.07, 6.45) is 2.25. The van der Waals surface area contributed by atoms with Gasteiger partial charge in [-0.3, -0.25) is 0 Å². The summed E-state index contributed by atoms with van der Waals surface area (Å²) >= 11 is 0. The monoisotopic (exact) mass is 154 g/mol. The van der Waals surface area contributed by atoms with E-state index in [1.807, 2.05) is 6.92 Å². The molecule has 1 N–H and O–H groups in total. The second-order valence-electron chi connectivity index (χ2n) is 2.90. The largest absolute Gasteiger partial charge is 0.380 e. The van der Waals surface area contributed by atoms with Crippen molar-refractivity contribution in [2.75, 3.05) is 0 Å². The highest BCUT2D eigenvalue weighted by Gasteiger charge is 2.47. The maximum Gasteiger partial charge on any atom is 0.258 e. The molecular weight excluding hydrogens is 144 g/mol. The molecule has 1 aliphatic carbocycles. The minimum absolute atomic E-state index is 0.384. The lowest BCUT2D eigenvalue weighted by atomic mass is 10.3. The van der Waals surface area contributed by atoms with Gasteiger partial charge in [0.05, 0.1) is 0 Å². The summed E-state index contributed by atoms with van der Waals surface area (Å²) in [4.78, 5) is 4.03. The van der Waals surface area contributed by atoms with E-state index in [-0.39, 0.29) is 0 Å². The van der Waals surface area contributed by atoms with Gasteiger partial charge in [0.25, 0.3) is 5.89 Å². The topological polar surface area (TPSA) is 59.2 Å². The molecule has 0 atom stereocenters. The fraction of sp³-hybridized carbons (Fsp3) is 0.714. The van der Waals surface area contributed by atoms with Gasteiger partial charge in [-0.05, 0) is 12.8 Å². The number of aliphatic hydroxyl groups is 1. The third-order valence-corrected chi connectivity index (χ3v) is 1.91. The summed E-state index contributed by atoms with van der Waals surface area (Å²) in [5.41, 5.74) is -0.777. The first-order chi connectivity index (χ1) is 5.24. The van der Waals surface area contributed by atoms with Gasteiger partial charge in [-0.2, -0.15) is 4.98 Å². The molecule has 4 nitrogen and oxygen atoms in total. The molecule has 11 heavy (non-hydrogen) atoms. The van der Waals surface area contributed by atoms with E-state index in [9.17, 15) is 5.11 Å². The van der Waals surface area contributed by atoms with E-state index >= 15 is 0 Å². The molecule has 1 fully saturated rings. The predicted octanol–water partition coefficient (Wildman–Crippen LogP) is 0.613. The van der Waals surface area contributed by atoms with Gasteiger partial charge in [-0.1, -0.05) is 12.1 Å². The Morgan fingerprint density at radius 2 is 2.36 bits per heavy atom. The lowest BCUT2D eigenvalue weighted by Gasteiger charge is -1.96. The van der Waals surface area contributed by atoms with Gasteiger partial charge in [0.15, 0.2) is 5.82 Å². The van der Waals surface area contributed by atoms with E-state index in [2.05, 4.69) is 10.1 Å². The van der Waals surface area contributed by atoms with Gasteiger partial charge in [0, 0.05) is 6.42 Å². The van der Waals surface area contributed by atoms with Crippen molar-refractivity contribution < 1.29 is 9.63 Å². The number of aryl methyl sites for hydroxylation is 1. The molecule has 0 amide bonds. The van der Waals surface area contributed by atoms with E-state index in [0.717, 1.165) is 19.3 Å². The third kappa shape index (κ3) is 1.03. The molecule has 1 saturated carbocycles. The van der Waals surface area contributed by atoms with Crippen LogP contribution in [-0.2, 0) is 12.0 Å². The van der Waals surface area contributed by atoms with Crippen molar-refractivity contribution >= 4 is 0 Å². The van der Waals surface area contributed by atoms with Gasteiger partial charge in [0.1, 0.15) is 5.60 Å². The highest BCUT2D eigenvalue weighted by atomic mass is 16.5. The van der Waals surface area contributed by atoms with Crippen molar-refractivity contribution in [3.8, 4) is 0 Å². The predicted molar refractivity (Wildman–Crippen MR) is 36.8 cm³/mol. The normalized spacial score (nSPS) is 20.2. The highest BCUT2D eigenvalue weighted by molar-refractivity contribution is 5.07. The Morgan fingerprint density at radius 1 is 1.64 bits per heavy atom. The first-order valence-corrected chi connectivity index (χ1v) is 3.80. The summed E-state index contributed by atoms with van der Waals surface area (Å²) in [5, 5.41) is 13.2. The van der Waals surface area contributed by atoms with Gasteiger partial charge in [-0.25, -0.2) is 0 Å². The SMILES string of the molecule is CCc1noc(C2(O)CC2)n1. The summed E-state index contributed by atoms with van der Waals surface area (Å²) in [6.45, 7) is 1.95. The first kappa shape index (κ1) is 6.79. The first-order valence-electron chi connectivity index (χ1n) is 3.80. The average molecular weight is 154 g/mol. The number of hydrogen-bond donors (Lipinski definition) is 1. The van der Waals surface area contributed by atoms with Crippen LogP contribution in [0.15, 0.2) is 4.52 Å². The molecule has 4 heteroatoms. The maximum absolute atomic E-state index is 9.51. The van der Waals surface area contributed by atoms with E-state index < -0.39 is 5.60 Å². The number of hydrogen-bond acceptors (Lipinski definition) is 4. The molecule has 0 unspecified atom stereocenters.